The normalized spacial score (nSPS) is 15.9. The van der Waals surface area contributed by atoms with Crippen LogP contribution in [0, 0.1) is 5.92 Å². The van der Waals surface area contributed by atoms with Crippen LogP contribution in [0.4, 0.5) is 5.82 Å². The second-order valence-corrected chi connectivity index (χ2v) is 8.07. The van der Waals surface area contributed by atoms with Crippen molar-refractivity contribution in [3.63, 3.8) is 0 Å². The predicted molar refractivity (Wildman–Crippen MR) is 109 cm³/mol. The van der Waals surface area contributed by atoms with E-state index in [4.69, 9.17) is 16.5 Å². The maximum Gasteiger partial charge on any atom is 0.246 e. The van der Waals surface area contributed by atoms with Crippen molar-refractivity contribution >= 4 is 34.5 Å². The number of hydrogen-bond acceptors (Lipinski definition) is 6. The second kappa shape index (κ2) is 9.15. The second-order valence-electron chi connectivity index (χ2n) is 7.73. The third-order valence-corrected chi connectivity index (χ3v) is 5.59. The zero-order valence-corrected chi connectivity index (χ0v) is 17.8. The first-order chi connectivity index (χ1) is 13.4. The maximum atomic E-state index is 12.8. The van der Waals surface area contributed by atoms with Crippen LogP contribution < -0.4 is 4.42 Å². The minimum atomic E-state index is -0.150. The Hall–Kier alpha value is -1.77. The van der Waals surface area contributed by atoms with Gasteiger partial charge in [0.15, 0.2) is 11.5 Å². The average molecular weight is 409 g/mol. The molecular weight excluding hydrogens is 380 g/mol. The fraction of sp³-hybridized carbons (Fsp3) is 0.684. The van der Waals surface area contributed by atoms with Crippen LogP contribution in [-0.2, 0) is 16.1 Å². The molecule has 0 bridgehead atoms. The van der Waals surface area contributed by atoms with Gasteiger partial charge in [0.05, 0.1) is 18.1 Å². The molecular formula is C19H29ClN6O2. The van der Waals surface area contributed by atoms with Crippen molar-refractivity contribution in [2.75, 3.05) is 24.2 Å². The van der Waals surface area contributed by atoms with Crippen molar-refractivity contribution < 1.29 is 9.53 Å². The number of fused-ring (bicyclic) bond motifs is 1. The summed E-state index contributed by atoms with van der Waals surface area (Å²) in [5, 5.41) is 5.15. The average Bonchev–Trinajstić information content (AvgIpc) is 3.10. The lowest BCUT2D eigenvalue weighted by molar-refractivity contribution is -0.124. The lowest BCUT2D eigenvalue weighted by Gasteiger charge is -2.30. The zero-order chi connectivity index (χ0) is 20.3. The van der Waals surface area contributed by atoms with Gasteiger partial charge >= 0.3 is 0 Å². The van der Waals surface area contributed by atoms with Crippen LogP contribution in [0.15, 0.2) is 12.5 Å². The molecule has 0 N–H and O–H groups in total. The van der Waals surface area contributed by atoms with Gasteiger partial charge in [-0.15, -0.1) is 0 Å². The first kappa shape index (κ1) is 21.0. The molecule has 0 aromatic carbocycles. The number of carbonyl (C=O) groups excluding carboxylic acids is 1. The summed E-state index contributed by atoms with van der Waals surface area (Å²) >= 11 is 6.40. The zero-order valence-electron chi connectivity index (χ0n) is 17.0. The van der Waals surface area contributed by atoms with E-state index in [9.17, 15) is 4.79 Å². The molecule has 1 amide bonds. The molecule has 2 aromatic rings. The van der Waals surface area contributed by atoms with Crippen LogP contribution in [0.25, 0.3) is 11.0 Å². The van der Waals surface area contributed by atoms with Crippen LogP contribution >= 0.6 is 11.8 Å². The molecule has 8 nitrogen and oxygen atoms in total. The van der Waals surface area contributed by atoms with Crippen LogP contribution in [0.3, 0.4) is 0 Å². The summed E-state index contributed by atoms with van der Waals surface area (Å²) in [4.78, 5) is 23.8. The standard InChI is InChI=1S/C19H29ClN6O2/c1-13(2)24(14(3)4)7-8-25-17-16(11-23-25)18(22-12-21-17)26(20)19(27)15-5-9-28-10-6-15/h11-15H,5-10H2,1-4H3. The van der Waals surface area contributed by atoms with Crippen LogP contribution in [0.1, 0.15) is 40.5 Å². The molecule has 3 rings (SSSR count). The van der Waals surface area contributed by atoms with Crippen LogP contribution in [0.2, 0.25) is 0 Å². The highest BCUT2D eigenvalue weighted by molar-refractivity contribution is 6.37. The van der Waals surface area contributed by atoms with Gasteiger partial charge in [-0.25, -0.2) is 19.1 Å². The van der Waals surface area contributed by atoms with Gasteiger partial charge in [0.2, 0.25) is 5.91 Å². The lowest BCUT2D eigenvalue weighted by Crippen LogP contribution is -2.39. The summed E-state index contributed by atoms with van der Waals surface area (Å²) in [6.45, 7) is 11.5. The van der Waals surface area contributed by atoms with Gasteiger partial charge in [-0.1, -0.05) is 0 Å². The number of nitrogens with zero attached hydrogens (tertiary/aromatic N) is 6. The van der Waals surface area contributed by atoms with E-state index in [0.717, 1.165) is 11.0 Å². The van der Waals surface area contributed by atoms with Crippen molar-refractivity contribution in [3.8, 4) is 0 Å². The van der Waals surface area contributed by atoms with Gasteiger partial charge in [0, 0.05) is 49.5 Å². The molecule has 0 unspecified atom stereocenters. The number of anilines is 1. The molecule has 1 fully saturated rings. The van der Waals surface area contributed by atoms with E-state index >= 15 is 0 Å². The van der Waals surface area contributed by atoms with Crippen molar-refractivity contribution in [1.82, 2.24) is 24.6 Å². The number of carbonyl (C=O) groups is 1. The van der Waals surface area contributed by atoms with E-state index in [-0.39, 0.29) is 11.8 Å². The van der Waals surface area contributed by atoms with Gasteiger partial charge in [0.25, 0.3) is 0 Å². The summed E-state index contributed by atoms with van der Waals surface area (Å²) < 4.78 is 8.31. The summed E-state index contributed by atoms with van der Waals surface area (Å²) in [5.74, 6) is 0.0967. The molecule has 0 atom stereocenters. The molecule has 1 aliphatic heterocycles. The van der Waals surface area contributed by atoms with E-state index < -0.39 is 0 Å². The Balaban J connectivity index is 1.79. The third-order valence-electron chi connectivity index (χ3n) is 5.26. The molecule has 9 heteroatoms. The van der Waals surface area contributed by atoms with Crippen molar-refractivity contribution in [1.29, 1.82) is 0 Å². The van der Waals surface area contributed by atoms with Crippen molar-refractivity contribution in [2.24, 2.45) is 5.92 Å². The Morgan fingerprint density at radius 3 is 2.57 bits per heavy atom. The van der Waals surface area contributed by atoms with E-state index in [1.54, 1.807) is 6.20 Å². The highest BCUT2D eigenvalue weighted by Gasteiger charge is 2.29. The number of ether oxygens (including phenoxy) is 1. The molecule has 1 saturated heterocycles. The number of halogens is 1. The quantitative estimate of drug-likeness (QED) is 0.655. The highest BCUT2D eigenvalue weighted by atomic mass is 35.5. The van der Waals surface area contributed by atoms with Gasteiger partial charge in [-0.2, -0.15) is 5.10 Å². The molecule has 28 heavy (non-hydrogen) atoms. The molecule has 1 aliphatic rings. The fourth-order valence-corrected chi connectivity index (χ4v) is 4.01. The van der Waals surface area contributed by atoms with Crippen molar-refractivity contribution in [3.05, 3.63) is 12.5 Å². The molecule has 0 aliphatic carbocycles. The number of aromatic nitrogens is 4. The van der Waals surface area contributed by atoms with Gasteiger partial charge in [0.1, 0.15) is 6.33 Å². The number of rotatable bonds is 7. The van der Waals surface area contributed by atoms with E-state index in [1.165, 1.54) is 6.33 Å². The minimum absolute atomic E-state index is 0.142. The SMILES string of the molecule is CC(C)N(CCn1ncc2c(N(Cl)C(=O)C3CCOCC3)ncnc21)C(C)C. The molecule has 2 aromatic heterocycles. The Morgan fingerprint density at radius 2 is 1.93 bits per heavy atom. The first-order valence-corrected chi connectivity index (χ1v) is 10.2. The van der Waals surface area contributed by atoms with Crippen molar-refractivity contribution in [2.45, 2.75) is 59.2 Å². The van der Waals surface area contributed by atoms with Gasteiger partial charge in [-0.05, 0) is 40.5 Å². The summed E-state index contributed by atoms with van der Waals surface area (Å²) in [6.07, 6.45) is 4.48. The van der Waals surface area contributed by atoms with Crippen LogP contribution in [-0.4, -0.2) is 62.4 Å². The first-order valence-electron chi connectivity index (χ1n) is 9.90. The monoisotopic (exact) mass is 408 g/mol. The third kappa shape index (κ3) is 4.45. The van der Waals surface area contributed by atoms with Crippen LogP contribution in [0.5, 0.6) is 0 Å². The summed E-state index contributed by atoms with van der Waals surface area (Å²) in [5.41, 5.74) is 0.683. The topological polar surface area (TPSA) is 76.4 Å². The highest BCUT2D eigenvalue weighted by Crippen LogP contribution is 2.28. The van der Waals surface area contributed by atoms with E-state index in [0.29, 0.717) is 61.5 Å². The Kier molecular flexibility index (Phi) is 6.85. The molecule has 0 spiro atoms. The lowest BCUT2D eigenvalue weighted by atomic mass is 9.99. The minimum Gasteiger partial charge on any atom is -0.381 e. The van der Waals surface area contributed by atoms with Gasteiger partial charge < -0.3 is 4.74 Å². The maximum absolute atomic E-state index is 12.8. The van der Waals surface area contributed by atoms with E-state index in [1.807, 2.05) is 4.68 Å². The number of hydrogen-bond donors (Lipinski definition) is 0. The Labute approximate surface area is 170 Å². The summed E-state index contributed by atoms with van der Waals surface area (Å²) in [6, 6.07) is 0.893. The van der Waals surface area contributed by atoms with Gasteiger partial charge in [-0.3, -0.25) is 9.69 Å². The Bertz CT molecular complexity index is 795. The summed E-state index contributed by atoms with van der Waals surface area (Å²) in [7, 11) is 0. The Morgan fingerprint density at radius 1 is 1.25 bits per heavy atom. The smallest absolute Gasteiger partial charge is 0.246 e. The molecule has 154 valence electrons. The molecule has 3 heterocycles. The fourth-order valence-electron chi connectivity index (χ4n) is 3.73. The molecule has 0 radical (unpaired) electrons. The van der Waals surface area contributed by atoms with E-state index in [2.05, 4.69) is 47.7 Å². The molecule has 0 saturated carbocycles. The number of amides is 1. The largest absolute Gasteiger partial charge is 0.381 e. The predicted octanol–water partition coefficient (Wildman–Crippen LogP) is 2.86.